The molecule has 6 heteroatoms. The van der Waals surface area contributed by atoms with E-state index < -0.39 is 0 Å². The first-order chi connectivity index (χ1) is 8.25. The molecule has 2 N–H and O–H groups in total. The van der Waals surface area contributed by atoms with E-state index in [1.807, 2.05) is 0 Å². The van der Waals surface area contributed by atoms with Gasteiger partial charge in [0.05, 0.1) is 25.5 Å². The summed E-state index contributed by atoms with van der Waals surface area (Å²) in [4.78, 5) is 7.58. The number of allylic oxidation sites excluding steroid dienone is 4. The van der Waals surface area contributed by atoms with Crippen LogP contribution in [-0.2, 0) is 0 Å². The van der Waals surface area contributed by atoms with Crippen LogP contribution in [0.1, 0.15) is 27.7 Å². The molecule has 2 atom stereocenters. The van der Waals surface area contributed by atoms with Crippen LogP contribution in [-0.4, -0.2) is 51.3 Å². The van der Waals surface area contributed by atoms with Crippen LogP contribution in [0, 0.1) is 0 Å². The van der Waals surface area contributed by atoms with E-state index in [1.165, 1.54) is 32.6 Å². The van der Waals surface area contributed by atoms with E-state index in [2.05, 4.69) is 65.7 Å². The first kappa shape index (κ1) is 21.9. The summed E-state index contributed by atoms with van der Waals surface area (Å²) < 4.78 is 0. The van der Waals surface area contributed by atoms with Crippen molar-refractivity contribution in [1.82, 2.24) is 9.80 Å². The predicted molar refractivity (Wildman–Crippen MR) is 75.8 cm³/mol. The molecule has 0 aliphatic carbocycles. The Kier molecular flexibility index (Phi) is 9.60. The van der Waals surface area contributed by atoms with Crippen molar-refractivity contribution < 1.29 is 34.6 Å². The molecule has 0 saturated heterocycles. The van der Waals surface area contributed by atoms with E-state index in [-0.39, 0.29) is 24.8 Å². The summed E-state index contributed by atoms with van der Waals surface area (Å²) in [5.41, 5.74) is 5.79. The molecule has 20 heavy (non-hydrogen) atoms. The third-order valence-electron chi connectivity index (χ3n) is 4.46. The minimum atomic E-state index is 0. The molecule has 0 saturated carbocycles. The van der Waals surface area contributed by atoms with Gasteiger partial charge in [0.15, 0.2) is 13.3 Å². The Morgan fingerprint density at radius 2 is 0.950 bits per heavy atom. The van der Waals surface area contributed by atoms with Crippen LogP contribution < -0.4 is 34.6 Å². The van der Waals surface area contributed by atoms with Gasteiger partial charge in [-0.05, 0) is 13.8 Å². The zero-order valence-corrected chi connectivity index (χ0v) is 15.6. The number of hydrogen-bond acceptors (Lipinski definition) is 2. The molecule has 2 aliphatic rings. The fourth-order valence-electron chi connectivity index (χ4n) is 2.38. The normalized spacial score (nSPS) is 25.2. The van der Waals surface area contributed by atoms with Crippen LogP contribution in [0.25, 0.3) is 0 Å². The van der Waals surface area contributed by atoms with Gasteiger partial charge in [-0.1, -0.05) is 0 Å². The Morgan fingerprint density at radius 3 is 1.00 bits per heavy atom. The van der Waals surface area contributed by atoms with Gasteiger partial charge in [-0.2, -0.15) is 0 Å². The average molecular weight is 325 g/mol. The van der Waals surface area contributed by atoms with Crippen molar-refractivity contribution in [3.05, 3.63) is 22.8 Å². The maximum atomic E-state index is 2.28. The zero-order valence-electron chi connectivity index (χ0n) is 14.1. The fraction of sp³-hybridized carbons (Fsp3) is 0.714. The lowest BCUT2D eigenvalue weighted by Crippen LogP contribution is -3.06. The van der Waals surface area contributed by atoms with Crippen molar-refractivity contribution >= 4 is 0 Å². The molecule has 0 fully saturated rings. The highest BCUT2D eigenvalue weighted by Gasteiger charge is 2.21. The number of nitrogens with one attached hydrogen (secondary N) is 2. The summed E-state index contributed by atoms with van der Waals surface area (Å²) in [7, 11) is 8.66. The third-order valence-corrected chi connectivity index (χ3v) is 4.46. The van der Waals surface area contributed by atoms with Crippen LogP contribution >= 0.6 is 0 Å². The van der Waals surface area contributed by atoms with Gasteiger partial charge in [0.25, 0.3) is 0 Å². The molecule has 2 aliphatic heterocycles. The quantitative estimate of drug-likeness (QED) is 0.461. The van der Waals surface area contributed by atoms with Gasteiger partial charge in [0, 0.05) is 27.9 Å². The highest BCUT2D eigenvalue weighted by atomic mass is 35.5. The van der Waals surface area contributed by atoms with Crippen molar-refractivity contribution in [2.75, 3.05) is 41.5 Å². The molecule has 4 nitrogen and oxygen atoms in total. The summed E-state index contributed by atoms with van der Waals surface area (Å²) in [6, 6.07) is 0. The van der Waals surface area contributed by atoms with Gasteiger partial charge in [0.2, 0.25) is 0 Å². The SMILES string of the molecule is CC1=C(C)[NH+](C)CN1C.CC1=C(C)[NH+](C)CN1C.[Cl-].[Cl-]. The van der Waals surface area contributed by atoms with Crippen LogP contribution in [0.3, 0.4) is 0 Å². The van der Waals surface area contributed by atoms with Gasteiger partial charge < -0.3 is 34.6 Å². The largest absolute Gasteiger partial charge is 1.00 e. The topological polar surface area (TPSA) is 15.4 Å². The van der Waals surface area contributed by atoms with Gasteiger partial charge in [-0.3, -0.25) is 9.80 Å². The number of hydrogen-bond donors (Lipinski definition) is 2. The predicted octanol–water partition coefficient (Wildman–Crippen LogP) is -6.68. The molecular formula is C14H30Cl2N4. The molecule has 0 aromatic rings. The highest BCUT2D eigenvalue weighted by molar-refractivity contribution is 5.03. The molecule has 0 aromatic carbocycles. The number of halogens is 2. The molecule has 0 spiro atoms. The van der Waals surface area contributed by atoms with Crippen LogP contribution in [0.2, 0.25) is 0 Å². The summed E-state index contributed by atoms with van der Waals surface area (Å²) >= 11 is 0. The van der Waals surface area contributed by atoms with E-state index in [1.54, 1.807) is 0 Å². The van der Waals surface area contributed by atoms with Crippen LogP contribution in [0.4, 0.5) is 0 Å². The van der Waals surface area contributed by atoms with E-state index in [9.17, 15) is 0 Å². The minimum Gasteiger partial charge on any atom is -1.00 e. The van der Waals surface area contributed by atoms with Gasteiger partial charge in [0.1, 0.15) is 11.4 Å². The second kappa shape index (κ2) is 8.78. The molecule has 120 valence electrons. The Bertz CT molecular complexity index is 311. The fourth-order valence-corrected chi connectivity index (χ4v) is 2.38. The number of quaternary nitrogens is 2. The maximum Gasteiger partial charge on any atom is 0.156 e. The monoisotopic (exact) mass is 324 g/mol. The minimum absolute atomic E-state index is 0. The second-order valence-corrected chi connectivity index (χ2v) is 5.69. The summed E-state index contributed by atoms with van der Waals surface area (Å²) in [5, 5.41) is 0. The van der Waals surface area contributed by atoms with Crippen molar-refractivity contribution in [1.29, 1.82) is 0 Å². The first-order valence-electron chi connectivity index (χ1n) is 6.68. The Balaban J connectivity index is 0. The standard InChI is InChI=1S/2C7H14N2.2ClH/c2*1-6-7(2)9(4)5-8(6)3;;/h2*5H2,1-4H3;2*1H. The van der Waals surface area contributed by atoms with Crippen LogP contribution in [0.15, 0.2) is 22.8 Å². The van der Waals surface area contributed by atoms with Crippen molar-refractivity contribution in [3.63, 3.8) is 0 Å². The zero-order chi connectivity index (χ0) is 14.0. The van der Waals surface area contributed by atoms with Crippen LogP contribution in [0.5, 0.6) is 0 Å². The lowest BCUT2D eigenvalue weighted by Gasteiger charge is -2.09. The molecule has 0 aromatic heterocycles. The third kappa shape index (κ3) is 4.85. The smallest absolute Gasteiger partial charge is 0.156 e. The number of nitrogens with zero attached hydrogens (tertiary/aromatic N) is 2. The second-order valence-electron chi connectivity index (χ2n) is 5.69. The molecule has 0 radical (unpaired) electrons. The Labute approximate surface area is 136 Å². The summed E-state index contributed by atoms with van der Waals surface area (Å²) in [6.45, 7) is 11.0. The molecule has 0 bridgehead atoms. The van der Waals surface area contributed by atoms with Crippen molar-refractivity contribution in [3.8, 4) is 0 Å². The summed E-state index contributed by atoms with van der Waals surface area (Å²) in [6.07, 6.45) is 0. The van der Waals surface area contributed by atoms with Crippen molar-refractivity contribution in [2.24, 2.45) is 0 Å². The van der Waals surface area contributed by atoms with E-state index in [0.717, 1.165) is 13.3 Å². The number of rotatable bonds is 0. The molecular weight excluding hydrogens is 295 g/mol. The average Bonchev–Trinajstić information content (AvgIpc) is 2.66. The lowest BCUT2D eigenvalue weighted by molar-refractivity contribution is -0.840. The molecule has 2 unspecified atom stereocenters. The Hall–Kier alpha value is -0.420. The van der Waals surface area contributed by atoms with E-state index >= 15 is 0 Å². The van der Waals surface area contributed by atoms with E-state index in [0.29, 0.717) is 0 Å². The molecule has 2 rings (SSSR count). The molecule has 0 amide bonds. The highest BCUT2D eigenvalue weighted by Crippen LogP contribution is 2.05. The van der Waals surface area contributed by atoms with Gasteiger partial charge in [-0.15, -0.1) is 0 Å². The Morgan fingerprint density at radius 1 is 0.700 bits per heavy atom. The van der Waals surface area contributed by atoms with Crippen molar-refractivity contribution in [2.45, 2.75) is 27.7 Å². The summed E-state index contributed by atoms with van der Waals surface area (Å²) in [5.74, 6) is 0. The van der Waals surface area contributed by atoms with Gasteiger partial charge >= 0.3 is 0 Å². The van der Waals surface area contributed by atoms with E-state index in [4.69, 9.17) is 0 Å². The first-order valence-corrected chi connectivity index (χ1v) is 6.68. The molecule has 2 heterocycles. The maximum absolute atomic E-state index is 2.28. The van der Waals surface area contributed by atoms with Gasteiger partial charge in [-0.25, -0.2) is 0 Å². The lowest BCUT2D eigenvalue weighted by atomic mass is 10.4.